The molecule has 2 heterocycles. The number of carbonyl (C=O) groups excluding carboxylic acids is 2. The maximum Gasteiger partial charge on any atom is 0.410 e. The fourth-order valence-electron chi connectivity index (χ4n) is 4.49. The third kappa shape index (κ3) is 12.1. The summed E-state index contributed by atoms with van der Waals surface area (Å²) in [7, 11) is -2.46. The molecule has 43 heavy (non-hydrogen) atoms. The number of halogens is 3. The van der Waals surface area contributed by atoms with Gasteiger partial charge in [0.25, 0.3) is 0 Å². The lowest BCUT2D eigenvalue weighted by Crippen LogP contribution is -2.62. The third-order valence-electron chi connectivity index (χ3n) is 7.72. The van der Waals surface area contributed by atoms with E-state index in [4.69, 9.17) is 9.16 Å². The van der Waals surface area contributed by atoms with E-state index in [-0.39, 0.29) is 44.1 Å². The van der Waals surface area contributed by atoms with Crippen molar-refractivity contribution in [2.45, 2.75) is 96.4 Å². The molecule has 3 atom stereocenters. The summed E-state index contributed by atoms with van der Waals surface area (Å²) in [5.41, 5.74) is -0.0545. The second kappa shape index (κ2) is 14.4. The summed E-state index contributed by atoms with van der Waals surface area (Å²) in [6.07, 6.45) is -2.40. The number of carbonyl (C=O) groups is 3. The number of aliphatic carboxylic acids is 1. The molecule has 1 aromatic rings. The Morgan fingerprint density at radius 3 is 2.30 bits per heavy atom. The fraction of sp³-hybridized carbons (Fsp3) is 0.724. The van der Waals surface area contributed by atoms with Gasteiger partial charge in [-0.15, -0.1) is 0 Å². The van der Waals surface area contributed by atoms with Gasteiger partial charge in [-0.05, 0) is 63.4 Å². The molecule has 0 bridgehead atoms. The number of alkyl halides is 3. The van der Waals surface area contributed by atoms with Gasteiger partial charge in [-0.25, -0.2) is 4.79 Å². The van der Waals surface area contributed by atoms with Gasteiger partial charge >= 0.3 is 18.2 Å². The first kappa shape index (κ1) is 36.5. The van der Waals surface area contributed by atoms with E-state index in [1.807, 2.05) is 39.2 Å². The van der Waals surface area contributed by atoms with Crippen LogP contribution >= 0.6 is 0 Å². The normalized spacial score (nSPS) is 18.6. The zero-order valence-electron chi connectivity index (χ0n) is 26.5. The smallest absolute Gasteiger partial charge is 0.410 e. The minimum absolute atomic E-state index is 0.0928. The minimum atomic E-state index is -4.62. The molecule has 1 aliphatic heterocycles. The summed E-state index contributed by atoms with van der Waals surface area (Å²) in [6, 6.07) is 2.39. The maximum absolute atomic E-state index is 13.1. The van der Waals surface area contributed by atoms with Gasteiger partial charge in [0, 0.05) is 38.6 Å². The second-order valence-electron chi connectivity index (χ2n) is 13.6. The first-order chi connectivity index (χ1) is 19.6. The van der Waals surface area contributed by atoms with Crippen molar-refractivity contribution in [2.75, 3.05) is 32.7 Å². The molecule has 10 nitrogen and oxygen atoms in total. The number of hydrogen-bond donors (Lipinski definition) is 2. The first-order valence-electron chi connectivity index (χ1n) is 14.4. The largest absolute Gasteiger partial charge is 0.481 e. The maximum atomic E-state index is 13.1. The van der Waals surface area contributed by atoms with Crippen LogP contribution in [0.5, 0.6) is 0 Å². The Balaban J connectivity index is 2.38. The van der Waals surface area contributed by atoms with Crippen molar-refractivity contribution in [1.29, 1.82) is 0 Å². The Hall–Kier alpha value is -2.71. The van der Waals surface area contributed by atoms with E-state index in [0.29, 0.717) is 0 Å². The van der Waals surface area contributed by atoms with E-state index in [0.717, 1.165) is 5.56 Å². The van der Waals surface area contributed by atoms with Crippen LogP contribution in [0.15, 0.2) is 24.5 Å². The molecule has 2 rings (SSSR count). The van der Waals surface area contributed by atoms with Crippen molar-refractivity contribution >= 4 is 26.3 Å². The second-order valence-corrected chi connectivity index (χ2v) is 18.4. The quantitative estimate of drug-likeness (QED) is 0.337. The van der Waals surface area contributed by atoms with Crippen molar-refractivity contribution < 1.29 is 41.8 Å². The number of pyridine rings is 1. The fourth-order valence-corrected chi connectivity index (χ4v) is 5.85. The lowest BCUT2D eigenvalue weighted by molar-refractivity contribution is -0.144. The van der Waals surface area contributed by atoms with Gasteiger partial charge in [0.1, 0.15) is 18.2 Å². The summed E-state index contributed by atoms with van der Waals surface area (Å²) in [6.45, 7) is 14.0. The topological polar surface area (TPSA) is 121 Å². The van der Waals surface area contributed by atoms with Gasteiger partial charge in [-0.1, -0.05) is 26.8 Å². The molecule has 0 aliphatic carbocycles. The van der Waals surface area contributed by atoms with Crippen LogP contribution in [0.25, 0.3) is 0 Å². The molecular weight excluding hydrogens is 585 g/mol. The average molecular weight is 633 g/mol. The number of aromatic nitrogens is 1. The lowest BCUT2D eigenvalue weighted by atomic mass is 9.94. The predicted molar refractivity (Wildman–Crippen MR) is 158 cm³/mol. The number of carboxylic acids is 1. The number of nitrogens with zero attached hydrogens (tertiary/aromatic N) is 3. The average Bonchev–Trinajstić information content (AvgIpc) is 2.85. The Bertz CT molecular complexity index is 1090. The van der Waals surface area contributed by atoms with Crippen molar-refractivity contribution in [1.82, 2.24) is 20.1 Å². The van der Waals surface area contributed by atoms with E-state index < -0.39 is 62.7 Å². The summed E-state index contributed by atoms with van der Waals surface area (Å²) in [5.74, 6) is -2.73. The van der Waals surface area contributed by atoms with Crippen LogP contribution in [-0.2, 0) is 25.2 Å². The highest BCUT2D eigenvalue weighted by Crippen LogP contribution is 2.38. The number of rotatable bonds is 11. The highest BCUT2D eigenvalue weighted by molar-refractivity contribution is 6.74. The molecule has 0 spiro atoms. The Morgan fingerprint density at radius 1 is 1.14 bits per heavy atom. The van der Waals surface area contributed by atoms with Crippen LogP contribution in [-0.4, -0.2) is 103 Å². The zero-order valence-corrected chi connectivity index (χ0v) is 27.5. The highest BCUT2D eigenvalue weighted by Gasteiger charge is 2.43. The molecule has 2 N–H and O–H groups in total. The van der Waals surface area contributed by atoms with E-state index in [9.17, 15) is 32.7 Å². The molecule has 1 aliphatic rings. The van der Waals surface area contributed by atoms with Crippen LogP contribution in [0.2, 0.25) is 18.1 Å². The molecular formula is C29H47F3N4O6Si. The van der Waals surface area contributed by atoms with Gasteiger partial charge < -0.3 is 24.5 Å². The number of hydrogen-bond acceptors (Lipinski definition) is 7. The molecule has 0 radical (unpaired) electrons. The number of amides is 2. The molecule has 2 amide bonds. The van der Waals surface area contributed by atoms with E-state index in [2.05, 4.69) is 4.98 Å². The number of nitrogens with one attached hydrogen (secondary N) is 1. The van der Waals surface area contributed by atoms with E-state index in [1.165, 1.54) is 4.90 Å². The van der Waals surface area contributed by atoms with Crippen LogP contribution < -0.4 is 5.32 Å². The molecule has 14 heteroatoms. The minimum Gasteiger partial charge on any atom is -0.481 e. The summed E-state index contributed by atoms with van der Waals surface area (Å²) >= 11 is 0. The Labute approximate surface area is 253 Å². The Morgan fingerprint density at radius 2 is 1.79 bits per heavy atom. The van der Waals surface area contributed by atoms with Crippen LogP contribution in [0, 0.1) is 5.92 Å². The van der Waals surface area contributed by atoms with Crippen LogP contribution in [0.1, 0.15) is 53.5 Å². The third-order valence-corrected chi connectivity index (χ3v) is 12.3. The SMILES string of the molecule is CC(C)(C)OC(=O)N1CCN(C[C@H](C[C@@H](Cc2cccnc2)C(=O)O)O[Si](C)(C)C(C)(C)C)[C@H](C(=O)NCC(F)(F)F)C1. The molecule has 1 aromatic heterocycles. The summed E-state index contributed by atoms with van der Waals surface area (Å²) < 4.78 is 51.1. The molecule has 1 saturated heterocycles. The first-order valence-corrected chi connectivity index (χ1v) is 17.3. The van der Waals surface area contributed by atoms with Gasteiger partial charge in [0.15, 0.2) is 8.32 Å². The van der Waals surface area contributed by atoms with Crippen molar-refractivity contribution in [2.24, 2.45) is 5.92 Å². The number of carboxylic acid groups (broad SMARTS) is 1. The monoisotopic (exact) mass is 632 g/mol. The molecule has 0 aromatic carbocycles. The van der Waals surface area contributed by atoms with Crippen LogP contribution in [0.3, 0.4) is 0 Å². The van der Waals surface area contributed by atoms with Crippen molar-refractivity contribution in [3.8, 4) is 0 Å². The number of ether oxygens (including phenoxy) is 1. The Kier molecular flexibility index (Phi) is 12.2. The molecule has 1 fully saturated rings. The predicted octanol–water partition coefficient (Wildman–Crippen LogP) is 4.71. The van der Waals surface area contributed by atoms with Gasteiger partial charge in [-0.2, -0.15) is 13.2 Å². The van der Waals surface area contributed by atoms with Gasteiger partial charge in [0.05, 0.1) is 12.0 Å². The standard InChI is InChI=1S/C29H47F3N4O6Si/c1-27(2,3)41-26(40)36-13-12-35(23(18-36)24(37)34-19-29(30,31)32)17-22(42-43(7,8)28(4,5)6)15-21(25(38)39)14-20-10-9-11-33-16-20/h9-11,16,21-23H,12-15,17-19H2,1-8H3,(H,34,37)(H,38,39)/t21-,22+,23+/m1/s1. The van der Waals surface area contributed by atoms with Crippen molar-refractivity contribution in [3.63, 3.8) is 0 Å². The van der Waals surface area contributed by atoms with E-state index >= 15 is 0 Å². The van der Waals surface area contributed by atoms with Gasteiger partial charge in [-0.3, -0.25) is 19.5 Å². The summed E-state index contributed by atoms with van der Waals surface area (Å²) in [4.78, 5) is 45.4. The van der Waals surface area contributed by atoms with E-state index in [1.54, 1.807) is 50.2 Å². The molecule has 0 saturated carbocycles. The molecule has 244 valence electrons. The molecule has 0 unspecified atom stereocenters. The number of piperazine rings is 1. The van der Waals surface area contributed by atoms with Gasteiger partial charge in [0.2, 0.25) is 5.91 Å². The van der Waals surface area contributed by atoms with Crippen LogP contribution in [0.4, 0.5) is 18.0 Å². The highest BCUT2D eigenvalue weighted by atomic mass is 28.4. The zero-order chi connectivity index (χ0) is 32.8. The van der Waals surface area contributed by atoms with Crippen molar-refractivity contribution in [3.05, 3.63) is 30.1 Å². The summed E-state index contributed by atoms with van der Waals surface area (Å²) in [5, 5.41) is 11.8. The lowest BCUT2D eigenvalue weighted by Gasteiger charge is -2.44.